The average molecular weight is 332 g/mol. The molecule has 5 nitrogen and oxygen atoms in total. The van der Waals surface area contributed by atoms with Crippen LogP contribution in [0.25, 0.3) is 5.69 Å². The van der Waals surface area contributed by atoms with E-state index in [1.165, 1.54) is 10.3 Å². The zero-order valence-corrected chi connectivity index (χ0v) is 13.4. The zero-order chi connectivity index (χ0) is 16.1. The van der Waals surface area contributed by atoms with E-state index in [1.54, 1.807) is 6.20 Å². The largest absolute Gasteiger partial charge is 0.382 e. The second kappa shape index (κ2) is 7.44. The lowest BCUT2D eigenvalue weighted by atomic mass is 10.1. The number of anilines is 1. The summed E-state index contributed by atoms with van der Waals surface area (Å²) in [5.74, 6) is 0. The van der Waals surface area contributed by atoms with Crippen molar-refractivity contribution >= 4 is 17.3 Å². The zero-order valence-electron chi connectivity index (χ0n) is 12.7. The lowest BCUT2D eigenvalue weighted by molar-refractivity contribution is 0.153. The van der Waals surface area contributed by atoms with Crippen LogP contribution in [0.1, 0.15) is 12.8 Å². The minimum Gasteiger partial charge on any atom is -0.382 e. The molecule has 3 rings (SSSR count). The van der Waals surface area contributed by atoms with Crippen molar-refractivity contribution in [1.82, 2.24) is 9.78 Å². The van der Waals surface area contributed by atoms with Gasteiger partial charge in [0.2, 0.25) is 0 Å². The van der Waals surface area contributed by atoms with Crippen LogP contribution in [0.4, 0.5) is 5.69 Å². The van der Waals surface area contributed by atoms with E-state index in [9.17, 15) is 4.79 Å². The number of nitrogens with zero attached hydrogens (tertiary/aromatic N) is 2. The Labute approximate surface area is 139 Å². The number of ether oxygens (including phenoxy) is 1. The molecule has 0 atom stereocenters. The fourth-order valence-corrected chi connectivity index (χ4v) is 2.66. The molecule has 0 bridgehead atoms. The van der Waals surface area contributed by atoms with Gasteiger partial charge >= 0.3 is 0 Å². The lowest BCUT2D eigenvalue weighted by Gasteiger charge is -2.14. The molecule has 1 aliphatic rings. The van der Waals surface area contributed by atoms with E-state index in [2.05, 4.69) is 16.5 Å². The van der Waals surface area contributed by atoms with Crippen molar-refractivity contribution in [3.05, 3.63) is 63.6 Å². The average Bonchev–Trinajstić information content (AvgIpc) is 2.60. The molecule has 0 amide bonds. The van der Waals surface area contributed by atoms with E-state index in [1.807, 2.05) is 30.3 Å². The summed E-state index contributed by atoms with van der Waals surface area (Å²) in [6, 6.07) is 9.22. The minimum atomic E-state index is -0.326. The van der Waals surface area contributed by atoms with E-state index in [0.29, 0.717) is 24.5 Å². The number of halogens is 1. The van der Waals surface area contributed by atoms with Gasteiger partial charge in [-0.2, -0.15) is 9.78 Å². The molecule has 0 aliphatic carbocycles. The molecule has 0 fully saturated rings. The van der Waals surface area contributed by atoms with Gasteiger partial charge in [0.05, 0.1) is 30.8 Å². The molecule has 1 aliphatic heterocycles. The molecule has 0 spiro atoms. The van der Waals surface area contributed by atoms with Crippen molar-refractivity contribution in [2.24, 2.45) is 0 Å². The van der Waals surface area contributed by atoms with Crippen LogP contribution >= 0.6 is 11.6 Å². The highest BCUT2D eigenvalue weighted by Crippen LogP contribution is 2.18. The monoisotopic (exact) mass is 331 g/mol. The third-order valence-corrected chi connectivity index (χ3v) is 4.10. The predicted octanol–water partition coefficient (Wildman–Crippen LogP) is 3.03. The van der Waals surface area contributed by atoms with Gasteiger partial charge in [-0.25, -0.2) is 0 Å². The second-order valence-corrected chi connectivity index (χ2v) is 5.67. The number of benzene rings is 1. The standard InChI is InChI=1S/C17H18ClN3O2/c18-16-15(19-9-6-13-7-10-23-11-8-13)12-20-21(17(16)22)14-4-2-1-3-5-14/h1-5,7,12,19H,6,8-11H2. The van der Waals surface area contributed by atoms with Gasteiger partial charge < -0.3 is 10.1 Å². The number of rotatable bonds is 5. The van der Waals surface area contributed by atoms with E-state index < -0.39 is 0 Å². The molecule has 1 aromatic carbocycles. The van der Waals surface area contributed by atoms with Gasteiger partial charge in [0.25, 0.3) is 5.56 Å². The van der Waals surface area contributed by atoms with Crippen LogP contribution in [-0.2, 0) is 4.74 Å². The number of hydrogen-bond donors (Lipinski definition) is 1. The van der Waals surface area contributed by atoms with Crippen molar-refractivity contribution in [3.63, 3.8) is 0 Å². The van der Waals surface area contributed by atoms with Gasteiger partial charge in [-0.1, -0.05) is 41.4 Å². The molecule has 0 radical (unpaired) electrons. The number of aromatic nitrogens is 2. The van der Waals surface area contributed by atoms with Gasteiger partial charge in [0.1, 0.15) is 5.02 Å². The van der Waals surface area contributed by atoms with Crippen molar-refractivity contribution < 1.29 is 4.74 Å². The van der Waals surface area contributed by atoms with Crippen molar-refractivity contribution in [3.8, 4) is 5.69 Å². The first kappa shape index (κ1) is 15.8. The van der Waals surface area contributed by atoms with Crippen LogP contribution in [0, 0.1) is 0 Å². The molecule has 2 heterocycles. The molecular formula is C17H18ClN3O2. The fourth-order valence-electron chi connectivity index (χ4n) is 2.46. The summed E-state index contributed by atoms with van der Waals surface area (Å²) in [7, 11) is 0. The summed E-state index contributed by atoms with van der Waals surface area (Å²) >= 11 is 6.20. The van der Waals surface area contributed by atoms with Crippen LogP contribution in [0.15, 0.2) is 53.0 Å². The third-order valence-electron chi connectivity index (χ3n) is 3.74. The Balaban J connectivity index is 1.70. The first-order valence-electron chi connectivity index (χ1n) is 7.58. The molecule has 1 aromatic heterocycles. The molecule has 0 saturated heterocycles. The van der Waals surface area contributed by atoms with Crippen LogP contribution in [0.5, 0.6) is 0 Å². The quantitative estimate of drug-likeness (QED) is 0.856. The Morgan fingerprint density at radius 2 is 2.13 bits per heavy atom. The van der Waals surface area contributed by atoms with Crippen LogP contribution in [0.2, 0.25) is 5.02 Å². The summed E-state index contributed by atoms with van der Waals surface area (Å²) in [4.78, 5) is 12.4. The topological polar surface area (TPSA) is 56.1 Å². The van der Waals surface area contributed by atoms with Gasteiger partial charge in [-0.15, -0.1) is 0 Å². The molecule has 6 heteroatoms. The van der Waals surface area contributed by atoms with E-state index in [-0.39, 0.29) is 10.6 Å². The molecule has 120 valence electrons. The summed E-state index contributed by atoms with van der Waals surface area (Å²) in [5.41, 5.74) is 2.30. The molecule has 23 heavy (non-hydrogen) atoms. The van der Waals surface area contributed by atoms with Crippen LogP contribution in [0.3, 0.4) is 0 Å². The van der Waals surface area contributed by atoms with Crippen molar-refractivity contribution in [1.29, 1.82) is 0 Å². The second-order valence-electron chi connectivity index (χ2n) is 5.29. The Bertz CT molecular complexity index is 756. The predicted molar refractivity (Wildman–Crippen MR) is 91.5 cm³/mol. The van der Waals surface area contributed by atoms with Crippen molar-refractivity contribution in [2.45, 2.75) is 12.8 Å². The van der Waals surface area contributed by atoms with E-state index >= 15 is 0 Å². The summed E-state index contributed by atoms with van der Waals surface area (Å²) < 4.78 is 6.58. The number of para-hydroxylation sites is 1. The first-order valence-corrected chi connectivity index (χ1v) is 7.96. The van der Waals surface area contributed by atoms with E-state index in [4.69, 9.17) is 16.3 Å². The summed E-state index contributed by atoms with van der Waals surface area (Å²) in [6.07, 6.45) is 5.57. The highest BCUT2D eigenvalue weighted by Gasteiger charge is 2.10. The molecule has 2 aromatic rings. The Morgan fingerprint density at radius 3 is 2.87 bits per heavy atom. The molecular weight excluding hydrogens is 314 g/mol. The third kappa shape index (κ3) is 3.81. The Kier molecular flexibility index (Phi) is 5.10. The number of hydrogen-bond acceptors (Lipinski definition) is 4. The number of nitrogens with one attached hydrogen (secondary N) is 1. The molecule has 0 unspecified atom stereocenters. The van der Waals surface area contributed by atoms with Crippen molar-refractivity contribution in [2.75, 3.05) is 25.1 Å². The van der Waals surface area contributed by atoms with Gasteiger partial charge in [0, 0.05) is 6.54 Å². The normalized spacial score (nSPS) is 14.4. The maximum Gasteiger partial charge on any atom is 0.292 e. The van der Waals surface area contributed by atoms with Gasteiger partial charge in [-0.05, 0) is 25.0 Å². The maximum absolute atomic E-state index is 12.4. The smallest absolute Gasteiger partial charge is 0.292 e. The Morgan fingerprint density at radius 1 is 1.30 bits per heavy atom. The van der Waals surface area contributed by atoms with Crippen LogP contribution < -0.4 is 10.9 Å². The first-order chi connectivity index (χ1) is 11.3. The molecule has 1 N–H and O–H groups in total. The lowest BCUT2D eigenvalue weighted by Crippen LogP contribution is -2.23. The fraction of sp³-hybridized carbons (Fsp3) is 0.294. The van der Waals surface area contributed by atoms with Gasteiger partial charge in [-0.3, -0.25) is 4.79 Å². The van der Waals surface area contributed by atoms with E-state index in [0.717, 1.165) is 19.4 Å². The Hall–Kier alpha value is -2.11. The highest BCUT2D eigenvalue weighted by atomic mass is 35.5. The maximum atomic E-state index is 12.4. The SMILES string of the molecule is O=c1c(Cl)c(NCCC2=CCOCC2)cnn1-c1ccccc1. The summed E-state index contributed by atoms with van der Waals surface area (Å²) in [6.45, 7) is 2.17. The molecule has 0 saturated carbocycles. The minimum absolute atomic E-state index is 0.157. The summed E-state index contributed by atoms with van der Waals surface area (Å²) in [5, 5.41) is 7.54. The highest BCUT2D eigenvalue weighted by molar-refractivity contribution is 6.32. The van der Waals surface area contributed by atoms with Crippen LogP contribution in [-0.4, -0.2) is 29.5 Å². The van der Waals surface area contributed by atoms with Gasteiger partial charge in [0.15, 0.2) is 0 Å².